The summed E-state index contributed by atoms with van der Waals surface area (Å²) in [7, 11) is 0. The topological polar surface area (TPSA) is 39.9 Å². The zero-order chi connectivity index (χ0) is 23.8. The van der Waals surface area contributed by atoms with Gasteiger partial charge in [-0.1, -0.05) is 55.2 Å². The van der Waals surface area contributed by atoms with E-state index in [1.807, 2.05) is 48.7 Å². The molecule has 0 aliphatic rings. The van der Waals surface area contributed by atoms with Crippen LogP contribution in [0.15, 0.2) is 103 Å². The van der Waals surface area contributed by atoms with E-state index in [0.29, 0.717) is 11.6 Å². The molecule has 3 aromatic carbocycles. The Labute approximate surface area is 224 Å². The number of hydrogen-bond acceptors (Lipinski definition) is 3. The Kier molecular flexibility index (Phi) is 6.47. The molecule has 0 radical (unpaired) electrons. The first kappa shape index (κ1) is 24.0. The molecule has 0 N–H and O–H groups in total. The number of rotatable bonds is 5. The molecule has 178 valence electrons. The minimum Gasteiger partial charge on any atom is -0.460 e. The molecule has 3 aromatic heterocycles. The zero-order valence-corrected chi connectivity index (χ0v) is 22.2. The van der Waals surface area contributed by atoms with Gasteiger partial charge in [-0.25, -0.2) is 10.4 Å². The largest absolute Gasteiger partial charge is 2.00 e. The fourth-order valence-corrected chi connectivity index (χ4v) is 4.51. The summed E-state index contributed by atoms with van der Waals surface area (Å²) in [5.74, 6) is 1.15. The van der Waals surface area contributed by atoms with Crippen LogP contribution in [0.3, 0.4) is 0 Å². The van der Waals surface area contributed by atoms with Gasteiger partial charge in [0.05, 0.1) is 0 Å². The van der Waals surface area contributed by atoms with E-state index in [1.54, 1.807) is 6.20 Å². The Hall–Kier alpha value is -3.75. The predicted molar refractivity (Wildman–Crippen MR) is 139 cm³/mol. The molecule has 36 heavy (non-hydrogen) atoms. The Morgan fingerprint density at radius 1 is 0.694 bits per heavy atom. The van der Waals surface area contributed by atoms with E-state index in [9.17, 15) is 0 Å². The van der Waals surface area contributed by atoms with E-state index in [2.05, 4.69) is 89.0 Å². The van der Waals surface area contributed by atoms with Crippen LogP contribution in [0.5, 0.6) is 11.6 Å². The van der Waals surface area contributed by atoms with Crippen molar-refractivity contribution in [3.63, 3.8) is 0 Å². The number of ether oxygens (including phenoxy) is 1. The summed E-state index contributed by atoms with van der Waals surface area (Å²) in [5, 5.41) is 1.95. The molecule has 0 aliphatic heterocycles. The summed E-state index contributed by atoms with van der Waals surface area (Å²) in [6.07, 6.45) is 3.56. The van der Waals surface area contributed by atoms with Gasteiger partial charge in [0.2, 0.25) is 5.88 Å². The van der Waals surface area contributed by atoms with E-state index >= 15 is 0 Å². The molecule has 0 bridgehead atoms. The number of aromatic nitrogens is 3. The summed E-state index contributed by atoms with van der Waals surface area (Å²) < 4.78 is 8.27. The number of benzene rings is 3. The average Bonchev–Trinajstić information content (AvgIpc) is 3.23. The van der Waals surface area contributed by atoms with Crippen LogP contribution in [0.25, 0.3) is 27.5 Å². The minimum atomic E-state index is -0.307. The smallest absolute Gasteiger partial charge is 0.460 e. The summed E-state index contributed by atoms with van der Waals surface area (Å²) >= 11 is 0. The van der Waals surface area contributed by atoms with Gasteiger partial charge < -0.3 is 9.30 Å². The number of fused-ring (bicyclic) bond motifs is 3. The summed E-state index contributed by atoms with van der Waals surface area (Å²) in [5.41, 5.74) is 4.97. The number of para-hydroxylation sites is 1. The molecular weight excluding hydrogens is 625 g/mol. The first-order valence-electron chi connectivity index (χ1n) is 11.6. The second-order valence-corrected chi connectivity index (χ2v) is 9.00. The third-order valence-electron chi connectivity index (χ3n) is 6.40. The monoisotopic (exact) mass is 648 g/mol. The molecule has 6 aromatic rings. The van der Waals surface area contributed by atoms with E-state index in [0.717, 1.165) is 38.8 Å². The van der Waals surface area contributed by atoms with Crippen molar-refractivity contribution in [3.05, 3.63) is 127 Å². The third kappa shape index (κ3) is 4.23. The summed E-state index contributed by atoms with van der Waals surface area (Å²) in [4.78, 5) is 8.91. The predicted octanol–water partition coefficient (Wildman–Crippen LogP) is 7.29. The molecule has 0 atom stereocenters. The minimum absolute atomic E-state index is 0. The molecule has 5 heteroatoms. The van der Waals surface area contributed by atoms with Gasteiger partial charge in [0.1, 0.15) is 0 Å². The van der Waals surface area contributed by atoms with Crippen LogP contribution >= 0.6 is 0 Å². The van der Waals surface area contributed by atoms with Gasteiger partial charge in [0.15, 0.2) is 0 Å². The maximum atomic E-state index is 6.02. The van der Waals surface area contributed by atoms with Crippen molar-refractivity contribution in [2.75, 3.05) is 0 Å². The second kappa shape index (κ2) is 9.72. The maximum absolute atomic E-state index is 6.02. The van der Waals surface area contributed by atoms with E-state index in [-0.39, 0.29) is 26.5 Å². The van der Waals surface area contributed by atoms with Gasteiger partial charge in [0, 0.05) is 41.0 Å². The standard InChI is InChI=1S/C31H23N3O.Pt/c1-31(2,29-12-6-8-18-32-29)22-14-16-27-25(20-22)26-21-24(35-30-13-7-9-19-33-30)15-17-28(26)34(27)23-10-4-3-5-11-23;/h3-19H,1-2H3;/q-2;+2. The quantitative estimate of drug-likeness (QED) is 0.185. The number of pyridine rings is 2. The molecule has 0 saturated heterocycles. The average molecular weight is 649 g/mol. The van der Waals surface area contributed by atoms with Gasteiger partial charge in [-0.2, -0.15) is 11.5 Å². The normalized spacial score (nSPS) is 11.4. The van der Waals surface area contributed by atoms with Crippen molar-refractivity contribution >= 4 is 21.8 Å². The molecular formula is C31H23N3OPt. The van der Waals surface area contributed by atoms with Crippen molar-refractivity contribution in [1.82, 2.24) is 14.5 Å². The first-order valence-corrected chi connectivity index (χ1v) is 11.6. The SMILES string of the molecule is CC(C)(c1[c-]c2c3[c-]c(Oc4ccccn4)ccc3n(-c3ccccc3)c2cc1)c1ccccn1.[Pt+2]. The van der Waals surface area contributed by atoms with Crippen molar-refractivity contribution in [3.8, 4) is 17.3 Å². The molecule has 3 heterocycles. The van der Waals surface area contributed by atoms with Crippen LogP contribution in [-0.2, 0) is 26.5 Å². The van der Waals surface area contributed by atoms with Gasteiger partial charge in [-0.3, -0.25) is 4.98 Å². The van der Waals surface area contributed by atoms with Gasteiger partial charge in [-0.05, 0) is 30.3 Å². The fourth-order valence-electron chi connectivity index (χ4n) is 4.51. The van der Waals surface area contributed by atoms with E-state index in [1.165, 1.54) is 0 Å². The summed E-state index contributed by atoms with van der Waals surface area (Å²) in [6.45, 7) is 4.37. The van der Waals surface area contributed by atoms with Gasteiger partial charge in [0.25, 0.3) is 0 Å². The second-order valence-electron chi connectivity index (χ2n) is 9.00. The Morgan fingerprint density at radius 2 is 1.36 bits per heavy atom. The van der Waals surface area contributed by atoms with Crippen LogP contribution in [0.2, 0.25) is 0 Å². The summed E-state index contributed by atoms with van der Waals surface area (Å²) in [6, 6.07) is 37.6. The van der Waals surface area contributed by atoms with E-state index < -0.39 is 0 Å². The molecule has 0 unspecified atom stereocenters. The van der Waals surface area contributed by atoms with Gasteiger partial charge in [-0.15, -0.1) is 35.9 Å². The van der Waals surface area contributed by atoms with Crippen LogP contribution in [-0.4, -0.2) is 14.5 Å². The Balaban J connectivity index is 0.00000267. The molecule has 0 saturated carbocycles. The van der Waals surface area contributed by atoms with Crippen molar-refractivity contribution in [2.45, 2.75) is 19.3 Å². The Morgan fingerprint density at radius 3 is 2.06 bits per heavy atom. The van der Waals surface area contributed by atoms with Crippen molar-refractivity contribution < 1.29 is 25.8 Å². The van der Waals surface area contributed by atoms with Crippen LogP contribution in [0, 0.1) is 12.1 Å². The molecule has 0 fully saturated rings. The Bertz CT molecular complexity index is 1630. The van der Waals surface area contributed by atoms with Crippen LogP contribution in [0.1, 0.15) is 25.1 Å². The number of nitrogens with zero attached hydrogens (tertiary/aromatic N) is 3. The van der Waals surface area contributed by atoms with Crippen molar-refractivity contribution in [1.29, 1.82) is 0 Å². The maximum Gasteiger partial charge on any atom is 2.00 e. The fraction of sp³-hybridized carbons (Fsp3) is 0.0968. The molecule has 0 amide bonds. The van der Waals surface area contributed by atoms with E-state index in [4.69, 9.17) is 4.74 Å². The zero-order valence-electron chi connectivity index (χ0n) is 19.9. The van der Waals surface area contributed by atoms with Gasteiger partial charge >= 0.3 is 21.1 Å². The molecule has 0 spiro atoms. The van der Waals surface area contributed by atoms with Crippen LogP contribution in [0.4, 0.5) is 0 Å². The molecule has 4 nitrogen and oxygen atoms in total. The molecule has 6 rings (SSSR count). The van der Waals surface area contributed by atoms with Crippen LogP contribution < -0.4 is 4.74 Å². The molecule has 0 aliphatic carbocycles. The van der Waals surface area contributed by atoms with Crippen molar-refractivity contribution in [2.24, 2.45) is 0 Å². The third-order valence-corrected chi connectivity index (χ3v) is 6.40. The number of hydrogen-bond donors (Lipinski definition) is 0. The first-order chi connectivity index (χ1) is 17.1.